The van der Waals surface area contributed by atoms with Gasteiger partial charge in [-0.2, -0.15) is 0 Å². The summed E-state index contributed by atoms with van der Waals surface area (Å²) in [4.78, 5) is 20.8. The lowest BCUT2D eigenvalue weighted by atomic mass is 10.2. The van der Waals surface area contributed by atoms with Gasteiger partial charge in [-0.3, -0.25) is 4.79 Å². The molecule has 5 nitrogen and oxygen atoms in total. The highest BCUT2D eigenvalue weighted by atomic mass is 35.5. The molecule has 1 fully saturated rings. The van der Waals surface area contributed by atoms with E-state index in [4.69, 9.17) is 0 Å². The number of carbonyl (C=O) groups is 1. The number of likely N-dealkylation sites (tertiary alicyclic amines) is 1. The second-order valence-corrected chi connectivity index (χ2v) is 6.09. The van der Waals surface area contributed by atoms with Gasteiger partial charge in [0.2, 0.25) is 5.91 Å². The van der Waals surface area contributed by atoms with Gasteiger partial charge in [-0.15, -0.1) is 12.4 Å². The second-order valence-electron chi connectivity index (χ2n) is 6.09. The number of aromatic nitrogens is 2. The van der Waals surface area contributed by atoms with Crippen molar-refractivity contribution in [3.05, 3.63) is 18.2 Å². The minimum atomic E-state index is 0. The minimum Gasteiger partial charge on any atom is -0.341 e. The van der Waals surface area contributed by atoms with Crippen LogP contribution in [0.2, 0.25) is 0 Å². The van der Waals surface area contributed by atoms with Crippen molar-refractivity contribution in [1.82, 2.24) is 19.4 Å². The molecule has 0 spiro atoms. The summed E-state index contributed by atoms with van der Waals surface area (Å²) >= 11 is 0. The standard InChI is InChI=1S/C15H26N4O.ClH/c1-12(2)19-10-8-16-14(19)5-6-15(20)18-9-7-13(11-18)17(3)4;/h8,10,12-13H,5-7,9,11H2,1-4H3;1H/t13-;/m0./s1. The molecule has 2 heterocycles. The first kappa shape index (κ1) is 18.0. The summed E-state index contributed by atoms with van der Waals surface area (Å²) in [6.07, 6.45) is 6.18. The van der Waals surface area contributed by atoms with Crippen molar-refractivity contribution in [2.45, 2.75) is 45.2 Å². The van der Waals surface area contributed by atoms with Gasteiger partial charge in [0.15, 0.2) is 0 Å². The Morgan fingerprint density at radius 3 is 2.76 bits per heavy atom. The molecule has 21 heavy (non-hydrogen) atoms. The number of halogens is 1. The molecule has 0 saturated carbocycles. The number of likely N-dealkylation sites (N-methyl/N-ethyl adjacent to an activating group) is 1. The van der Waals surface area contributed by atoms with E-state index in [1.54, 1.807) is 0 Å². The zero-order chi connectivity index (χ0) is 14.7. The van der Waals surface area contributed by atoms with Crippen LogP contribution in [0.15, 0.2) is 12.4 Å². The molecular weight excluding hydrogens is 288 g/mol. The Morgan fingerprint density at radius 2 is 2.19 bits per heavy atom. The average Bonchev–Trinajstić information content (AvgIpc) is 3.04. The molecule has 1 amide bonds. The zero-order valence-electron chi connectivity index (χ0n) is 13.5. The first-order valence-electron chi connectivity index (χ1n) is 7.45. The van der Waals surface area contributed by atoms with Crippen molar-refractivity contribution in [3.8, 4) is 0 Å². The number of imidazole rings is 1. The van der Waals surface area contributed by atoms with Gasteiger partial charge in [0.25, 0.3) is 0 Å². The van der Waals surface area contributed by atoms with Crippen molar-refractivity contribution in [1.29, 1.82) is 0 Å². The molecule has 120 valence electrons. The maximum absolute atomic E-state index is 12.3. The van der Waals surface area contributed by atoms with E-state index in [0.717, 1.165) is 31.8 Å². The van der Waals surface area contributed by atoms with E-state index in [0.29, 0.717) is 18.5 Å². The maximum atomic E-state index is 12.3. The van der Waals surface area contributed by atoms with Crippen LogP contribution in [0, 0.1) is 0 Å². The van der Waals surface area contributed by atoms with Gasteiger partial charge >= 0.3 is 0 Å². The van der Waals surface area contributed by atoms with Gasteiger partial charge in [0, 0.05) is 50.4 Å². The number of carbonyl (C=O) groups excluding carboxylic acids is 1. The van der Waals surface area contributed by atoms with Gasteiger partial charge in [0.1, 0.15) is 5.82 Å². The summed E-state index contributed by atoms with van der Waals surface area (Å²) in [5, 5.41) is 0. The third kappa shape index (κ3) is 4.45. The Bertz CT molecular complexity index is 458. The molecule has 6 heteroatoms. The molecule has 1 aromatic rings. The van der Waals surface area contributed by atoms with Crippen LogP contribution in [0.4, 0.5) is 0 Å². The normalized spacial score (nSPS) is 18.4. The van der Waals surface area contributed by atoms with E-state index in [1.165, 1.54) is 0 Å². The van der Waals surface area contributed by atoms with Gasteiger partial charge in [-0.25, -0.2) is 4.98 Å². The number of aryl methyl sites for hydroxylation is 1. The molecule has 1 aliphatic heterocycles. The Morgan fingerprint density at radius 1 is 1.48 bits per heavy atom. The fraction of sp³-hybridized carbons (Fsp3) is 0.733. The van der Waals surface area contributed by atoms with Gasteiger partial charge < -0.3 is 14.4 Å². The predicted molar refractivity (Wildman–Crippen MR) is 86.9 cm³/mol. The van der Waals surface area contributed by atoms with Gasteiger partial charge in [-0.05, 0) is 34.4 Å². The summed E-state index contributed by atoms with van der Waals surface area (Å²) in [6.45, 7) is 6.02. The summed E-state index contributed by atoms with van der Waals surface area (Å²) < 4.78 is 2.14. The third-order valence-electron chi connectivity index (χ3n) is 4.11. The molecule has 1 saturated heterocycles. The molecule has 0 N–H and O–H groups in total. The smallest absolute Gasteiger partial charge is 0.223 e. The van der Waals surface area contributed by atoms with Crippen LogP contribution in [-0.4, -0.2) is 58.5 Å². The lowest BCUT2D eigenvalue weighted by Gasteiger charge is -2.20. The first-order valence-corrected chi connectivity index (χ1v) is 7.45. The van der Waals surface area contributed by atoms with Crippen LogP contribution >= 0.6 is 12.4 Å². The number of hydrogen-bond donors (Lipinski definition) is 0. The van der Waals surface area contributed by atoms with E-state index >= 15 is 0 Å². The van der Waals surface area contributed by atoms with Gasteiger partial charge in [0.05, 0.1) is 0 Å². The van der Waals surface area contributed by atoms with Crippen molar-refractivity contribution >= 4 is 18.3 Å². The second kappa shape index (κ2) is 7.80. The van der Waals surface area contributed by atoms with Crippen molar-refractivity contribution in [3.63, 3.8) is 0 Å². The highest BCUT2D eigenvalue weighted by Gasteiger charge is 2.27. The Labute approximate surface area is 133 Å². The van der Waals surface area contributed by atoms with Crippen LogP contribution in [0.5, 0.6) is 0 Å². The SMILES string of the molecule is CC(C)n1ccnc1CCC(=O)N1CC[C@H](N(C)C)C1.Cl. The fourth-order valence-corrected chi connectivity index (χ4v) is 2.77. The Kier molecular flexibility index (Phi) is 6.68. The molecule has 0 radical (unpaired) electrons. The summed E-state index contributed by atoms with van der Waals surface area (Å²) in [7, 11) is 4.16. The zero-order valence-corrected chi connectivity index (χ0v) is 14.3. The van der Waals surface area contributed by atoms with E-state index in [9.17, 15) is 4.79 Å². The molecule has 1 aliphatic rings. The number of nitrogens with zero attached hydrogens (tertiary/aromatic N) is 4. The van der Waals surface area contributed by atoms with Crippen molar-refractivity contribution in [2.75, 3.05) is 27.2 Å². The number of amides is 1. The molecular formula is C15H27ClN4O. The first-order chi connectivity index (χ1) is 9.49. The maximum Gasteiger partial charge on any atom is 0.223 e. The summed E-state index contributed by atoms with van der Waals surface area (Å²) in [5.74, 6) is 1.27. The number of rotatable bonds is 5. The molecule has 1 aromatic heterocycles. The summed E-state index contributed by atoms with van der Waals surface area (Å²) in [6, 6.07) is 0.907. The third-order valence-corrected chi connectivity index (χ3v) is 4.11. The monoisotopic (exact) mass is 314 g/mol. The van der Waals surface area contributed by atoms with Crippen LogP contribution < -0.4 is 0 Å². The molecule has 0 unspecified atom stereocenters. The lowest BCUT2D eigenvalue weighted by molar-refractivity contribution is -0.130. The molecule has 0 aliphatic carbocycles. The quantitative estimate of drug-likeness (QED) is 0.834. The summed E-state index contributed by atoms with van der Waals surface area (Å²) in [5.41, 5.74) is 0. The molecule has 0 aromatic carbocycles. The molecule has 1 atom stereocenters. The van der Waals surface area contributed by atoms with E-state index in [2.05, 4.69) is 42.4 Å². The topological polar surface area (TPSA) is 41.4 Å². The Balaban J connectivity index is 0.00000220. The fourth-order valence-electron chi connectivity index (χ4n) is 2.77. The lowest BCUT2D eigenvalue weighted by Crippen LogP contribution is -2.34. The highest BCUT2D eigenvalue weighted by Crippen LogP contribution is 2.16. The number of hydrogen-bond acceptors (Lipinski definition) is 3. The van der Waals surface area contributed by atoms with Crippen LogP contribution in [-0.2, 0) is 11.2 Å². The van der Waals surface area contributed by atoms with E-state index in [-0.39, 0.29) is 18.3 Å². The van der Waals surface area contributed by atoms with Crippen LogP contribution in [0.3, 0.4) is 0 Å². The van der Waals surface area contributed by atoms with Crippen LogP contribution in [0.25, 0.3) is 0 Å². The largest absolute Gasteiger partial charge is 0.341 e. The van der Waals surface area contributed by atoms with Crippen molar-refractivity contribution in [2.24, 2.45) is 0 Å². The van der Waals surface area contributed by atoms with Crippen molar-refractivity contribution < 1.29 is 4.79 Å². The molecule has 2 rings (SSSR count). The predicted octanol–water partition coefficient (Wildman–Crippen LogP) is 1.98. The highest BCUT2D eigenvalue weighted by molar-refractivity contribution is 5.85. The van der Waals surface area contributed by atoms with E-state index < -0.39 is 0 Å². The van der Waals surface area contributed by atoms with E-state index in [1.807, 2.05) is 17.3 Å². The van der Waals surface area contributed by atoms with Crippen LogP contribution in [0.1, 0.15) is 38.6 Å². The minimum absolute atomic E-state index is 0. The Hall–Kier alpha value is -1.07. The molecule has 0 bridgehead atoms. The van der Waals surface area contributed by atoms with Gasteiger partial charge in [-0.1, -0.05) is 0 Å². The average molecular weight is 315 g/mol.